The van der Waals surface area contributed by atoms with E-state index < -0.39 is 0 Å². The molecular formula is C42H27N3O2. The van der Waals surface area contributed by atoms with Gasteiger partial charge in [-0.1, -0.05) is 78.9 Å². The zero-order valence-electron chi connectivity index (χ0n) is 25.2. The summed E-state index contributed by atoms with van der Waals surface area (Å²) < 4.78 is 11.0. The van der Waals surface area contributed by atoms with Crippen LogP contribution in [0.4, 0.5) is 5.69 Å². The number of para-hydroxylation sites is 5. The molecule has 0 radical (unpaired) electrons. The summed E-state index contributed by atoms with van der Waals surface area (Å²) in [6.45, 7) is 0. The summed E-state index contributed by atoms with van der Waals surface area (Å²) in [6.07, 6.45) is 0. The van der Waals surface area contributed by atoms with Crippen LogP contribution >= 0.6 is 0 Å². The van der Waals surface area contributed by atoms with Gasteiger partial charge in [0.2, 0.25) is 0 Å². The second-order valence-electron chi connectivity index (χ2n) is 12.1. The topological polar surface area (TPSA) is 55.3 Å². The van der Waals surface area contributed by atoms with Crippen LogP contribution in [0.2, 0.25) is 0 Å². The lowest BCUT2D eigenvalue weighted by atomic mass is 10.00. The minimum Gasteiger partial charge on any atom is -0.506 e. The van der Waals surface area contributed by atoms with Crippen LogP contribution < -0.4 is 5.43 Å². The average molecular weight is 606 g/mol. The van der Waals surface area contributed by atoms with E-state index in [1.54, 1.807) is 6.07 Å². The quantitative estimate of drug-likeness (QED) is 0.196. The number of fused-ring (bicyclic) bond motifs is 10. The smallest absolute Gasteiger partial charge is 0.145 e. The molecule has 0 saturated heterocycles. The Kier molecular flexibility index (Phi) is 5.37. The largest absolute Gasteiger partial charge is 0.506 e. The highest BCUT2D eigenvalue weighted by Crippen LogP contribution is 2.42. The first-order valence-electron chi connectivity index (χ1n) is 15.8. The molecule has 222 valence electrons. The molecule has 0 saturated carbocycles. The summed E-state index contributed by atoms with van der Waals surface area (Å²) in [5.74, 6) is 0.205. The van der Waals surface area contributed by atoms with Crippen LogP contribution in [0.1, 0.15) is 0 Å². The molecule has 10 aromatic rings. The van der Waals surface area contributed by atoms with Crippen LogP contribution in [0.5, 0.6) is 5.75 Å². The molecule has 0 fully saturated rings. The van der Waals surface area contributed by atoms with Crippen LogP contribution in [-0.2, 0) is 0 Å². The Balaban J connectivity index is 1.22. The average Bonchev–Trinajstić information content (AvgIpc) is 3.77. The monoisotopic (exact) mass is 605 g/mol. The van der Waals surface area contributed by atoms with Gasteiger partial charge in [-0.2, -0.15) is 0 Å². The van der Waals surface area contributed by atoms with Gasteiger partial charge in [0.25, 0.3) is 0 Å². The number of furan rings is 1. The Morgan fingerprint density at radius 1 is 0.489 bits per heavy atom. The van der Waals surface area contributed by atoms with E-state index in [2.05, 4.69) is 124 Å². The second kappa shape index (κ2) is 9.77. The van der Waals surface area contributed by atoms with Crippen molar-refractivity contribution in [3.8, 4) is 22.6 Å². The minimum absolute atomic E-state index is 0.205. The summed E-state index contributed by atoms with van der Waals surface area (Å²) in [7, 11) is 0. The fraction of sp³-hybridized carbons (Fsp3) is 0. The predicted octanol–water partition coefficient (Wildman–Crippen LogP) is 11.0. The Morgan fingerprint density at radius 3 is 2.00 bits per heavy atom. The van der Waals surface area contributed by atoms with Gasteiger partial charge in [0, 0.05) is 32.6 Å². The number of phenols is 1. The van der Waals surface area contributed by atoms with Gasteiger partial charge >= 0.3 is 0 Å². The summed E-state index contributed by atoms with van der Waals surface area (Å²) in [5, 5.41) is 17.3. The fourth-order valence-electron chi connectivity index (χ4n) is 7.28. The predicted molar refractivity (Wildman–Crippen MR) is 194 cm³/mol. The summed E-state index contributed by atoms with van der Waals surface area (Å²) in [6, 6.07) is 52.3. The van der Waals surface area contributed by atoms with Crippen molar-refractivity contribution in [2.45, 2.75) is 0 Å². The Morgan fingerprint density at radius 2 is 1.15 bits per heavy atom. The first-order chi connectivity index (χ1) is 23.2. The van der Waals surface area contributed by atoms with E-state index in [9.17, 15) is 5.11 Å². The van der Waals surface area contributed by atoms with Crippen LogP contribution in [-0.4, -0.2) is 14.3 Å². The molecule has 0 aliphatic rings. The Bertz CT molecular complexity index is 2840. The van der Waals surface area contributed by atoms with E-state index in [0.717, 1.165) is 82.4 Å². The molecule has 5 nitrogen and oxygen atoms in total. The fourth-order valence-corrected chi connectivity index (χ4v) is 7.28. The van der Waals surface area contributed by atoms with Crippen LogP contribution in [0.25, 0.3) is 82.4 Å². The number of hydrogen-bond donors (Lipinski definition) is 2. The molecule has 0 amide bonds. The third kappa shape index (κ3) is 3.77. The van der Waals surface area contributed by atoms with Crippen molar-refractivity contribution in [2.75, 3.05) is 5.43 Å². The number of anilines is 1. The SMILES string of the molecule is Oc1ccccc1Nn1c2ccccc2c2cc(-c3ccc4c(c3)c3c5oc6ccccc6c5ccc3n4-c3ccccc3)ccc21. The highest BCUT2D eigenvalue weighted by molar-refractivity contribution is 6.24. The molecule has 0 atom stereocenters. The van der Waals surface area contributed by atoms with Gasteiger partial charge in [0.1, 0.15) is 16.9 Å². The summed E-state index contributed by atoms with van der Waals surface area (Å²) in [4.78, 5) is 0. The Hall–Kier alpha value is -6.46. The van der Waals surface area contributed by atoms with Crippen molar-refractivity contribution < 1.29 is 9.52 Å². The van der Waals surface area contributed by atoms with E-state index in [-0.39, 0.29) is 5.75 Å². The number of nitrogens with zero attached hydrogens (tertiary/aromatic N) is 2. The maximum atomic E-state index is 10.5. The molecule has 0 aliphatic heterocycles. The third-order valence-corrected chi connectivity index (χ3v) is 9.43. The summed E-state index contributed by atoms with van der Waals surface area (Å²) in [5.41, 5.74) is 13.6. The maximum Gasteiger partial charge on any atom is 0.145 e. The van der Waals surface area contributed by atoms with Crippen molar-refractivity contribution in [3.63, 3.8) is 0 Å². The van der Waals surface area contributed by atoms with Gasteiger partial charge in [-0.15, -0.1) is 0 Å². The number of benzene rings is 7. The van der Waals surface area contributed by atoms with Gasteiger partial charge in [-0.05, 0) is 83.9 Å². The van der Waals surface area contributed by atoms with E-state index in [4.69, 9.17) is 4.42 Å². The molecule has 0 spiro atoms. The molecule has 7 aromatic carbocycles. The highest BCUT2D eigenvalue weighted by Gasteiger charge is 2.20. The highest BCUT2D eigenvalue weighted by atomic mass is 16.3. The lowest BCUT2D eigenvalue weighted by Gasteiger charge is -2.12. The van der Waals surface area contributed by atoms with Crippen LogP contribution in [0.15, 0.2) is 156 Å². The van der Waals surface area contributed by atoms with E-state index in [1.807, 2.05) is 36.4 Å². The van der Waals surface area contributed by atoms with Crippen LogP contribution in [0.3, 0.4) is 0 Å². The molecule has 2 N–H and O–H groups in total. The first kappa shape index (κ1) is 25.8. The van der Waals surface area contributed by atoms with Crippen molar-refractivity contribution in [1.29, 1.82) is 0 Å². The molecule has 47 heavy (non-hydrogen) atoms. The number of rotatable bonds is 4. The minimum atomic E-state index is 0.205. The van der Waals surface area contributed by atoms with Gasteiger partial charge in [-0.25, -0.2) is 0 Å². The molecule has 0 unspecified atom stereocenters. The van der Waals surface area contributed by atoms with E-state index >= 15 is 0 Å². The van der Waals surface area contributed by atoms with Crippen molar-refractivity contribution in [3.05, 3.63) is 152 Å². The molecule has 5 heteroatoms. The molecule has 3 aromatic heterocycles. The standard InChI is InChI=1S/C42H27N3O2/c46-39-16-8-6-14-34(39)43-45-36-15-7-4-12-29(36)32-24-26(19-22-37(32)45)27-18-21-35-33(25-27)41-38(44(35)28-10-2-1-3-11-28)23-20-31-30-13-5-9-17-40(30)47-42(31)41/h1-25,43,46H. The van der Waals surface area contributed by atoms with Gasteiger partial charge in [0.05, 0.1) is 33.1 Å². The molecule has 0 aliphatic carbocycles. The van der Waals surface area contributed by atoms with Crippen molar-refractivity contribution in [2.24, 2.45) is 0 Å². The lowest BCUT2D eigenvalue weighted by Crippen LogP contribution is -2.08. The normalized spacial score (nSPS) is 11.9. The number of aromatic nitrogens is 2. The van der Waals surface area contributed by atoms with E-state index in [1.165, 1.54) is 0 Å². The lowest BCUT2D eigenvalue weighted by molar-refractivity contribution is 0.477. The molecule has 10 rings (SSSR count). The number of hydrogen-bond acceptors (Lipinski definition) is 3. The third-order valence-electron chi connectivity index (χ3n) is 9.43. The molecule has 3 heterocycles. The van der Waals surface area contributed by atoms with Gasteiger partial charge in [-0.3, -0.25) is 10.1 Å². The maximum absolute atomic E-state index is 10.5. The van der Waals surface area contributed by atoms with Gasteiger partial charge < -0.3 is 14.1 Å². The van der Waals surface area contributed by atoms with Crippen molar-refractivity contribution in [1.82, 2.24) is 9.24 Å². The van der Waals surface area contributed by atoms with E-state index in [0.29, 0.717) is 5.69 Å². The Labute approximate surface area is 269 Å². The zero-order chi connectivity index (χ0) is 31.1. The van der Waals surface area contributed by atoms with Crippen molar-refractivity contribution >= 4 is 71.2 Å². The zero-order valence-corrected chi connectivity index (χ0v) is 25.2. The number of phenolic OH excluding ortho intramolecular Hbond substituents is 1. The summed E-state index contributed by atoms with van der Waals surface area (Å²) >= 11 is 0. The van der Waals surface area contributed by atoms with Crippen LogP contribution in [0, 0.1) is 0 Å². The molecular weight excluding hydrogens is 578 g/mol. The van der Waals surface area contributed by atoms with Gasteiger partial charge in [0.15, 0.2) is 0 Å². The first-order valence-corrected chi connectivity index (χ1v) is 15.8. The number of aromatic hydroxyl groups is 1. The molecule has 0 bridgehead atoms. The number of nitrogens with one attached hydrogen (secondary N) is 1. The second-order valence-corrected chi connectivity index (χ2v) is 12.1.